The van der Waals surface area contributed by atoms with E-state index in [0.29, 0.717) is 0 Å². The molecular weight excluding hydrogens is 849 g/mol. The van der Waals surface area contributed by atoms with Gasteiger partial charge in [0.2, 0.25) is 0 Å². The number of furan rings is 1. The molecule has 0 fully saturated rings. The van der Waals surface area contributed by atoms with Gasteiger partial charge in [-0.15, -0.1) is 0 Å². The summed E-state index contributed by atoms with van der Waals surface area (Å²) in [6.07, 6.45) is 0. The van der Waals surface area contributed by atoms with Gasteiger partial charge < -0.3 is 13.9 Å². The monoisotopic (exact) mass is 892 g/mol. The Balaban J connectivity index is 0.905. The van der Waals surface area contributed by atoms with Crippen molar-refractivity contribution in [2.24, 2.45) is 0 Å². The van der Waals surface area contributed by atoms with E-state index >= 15 is 0 Å². The lowest BCUT2D eigenvalue weighted by Gasteiger charge is -2.34. The maximum Gasteiger partial charge on any atom is 0.135 e. The molecule has 0 saturated heterocycles. The van der Waals surface area contributed by atoms with Gasteiger partial charge in [-0.3, -0.25) is 0 Å². The minimum absolute atomic E-state index is 0.480. The Kier molecular flexibility index (Phi) is 9.11. The molecule has 0 saturated carbocycles. The molecule has 3 heteroatoms. The lowest BCUT2D eigenvalue weighted by molar-refractivity contribution is 0.669. The molecule has 0 amide bonds. The lowest BCUT2D eigenvalue weighted by Crippen LogP contribution is -2.28. The first-order valence-corrected chi connectivity index (χ1v) is 24.1. The molecule has 1 aliphatic carbocycles. The zero-order chi connectivity index (χ0) is 46.2. The van der Waals surface area contributed by atoms with Crippen molar-refractivity contribution >= 4 is 60.8 Å². The molecule has 11 aromatic carbocycles. The van der Waals surface area contributed by atoms with Gasteiger partial charge >= 0.3 is 0 Å². The van der Waals surface area contributed by atoms with E-state index in [9.17, 15) is 0 Å². The normalized spacial score (nSPS) is 12.7. The fourth-order valence-electron chi connectivity index (χ4n) is 11.6. The molecule has 13 aromatic rings. The van der Waals surface area contributed by atoms with Gasteiger partial charge in [0.25, 0.3) is 0 Å². The number of benzene rings is 11. The third-order valence-electron chi connectivity index (χ3n) is 14.7. The second-order valence-electron chi connectivity index (χ2n) is 18.4. The maximum absolute atomic E-state index is 6.13. The maximum atomic E-state index is 6.13. The van der Waals surface area contributed by atoms with Crippen LogP contribution >= 0.6 is 0 Å². The number of hydrogen-bond acceptors (Lipinski definition) is 2. The van der Waals surface area contributed by atoms with Crippen LogP contribution in [-0.4, -0.2) is 4.57 Å². The van der Waals surface area contributed by atoms with Crippen LogP contribution in [0.25, 0.3) is 82.8 Å². The van der Waals surface area contributed by atoms with Gasteiger partial charge in [-0.1, -0.05) is 194 Å². The summed E-state index contributed by atoms with van der Waals surface area (Å²) < 4.78 is 8.53. The fourth-order valence-corrected chi connectivity index (χ4v) is 11.6. The summed E-state index contributed by atoms with van der Waals surface area (Å²) in [5.74, 6) is 0. The summed E-state index contributed by atoms with van der Waals surface area (Å²) in [6, 6.07) is 97.4. The predicted molar refractivity (Wildman–Crippen MR) is 291 cm³/mol. The highest BCUT2D eigenvalue weighted by Gasteiger charge is 2.46. The van der Waals surface area contributed by atoms with Crippen molar-refractivity contribution in [1.82, 2.24) is 4.57 Å². The van der Waals surface area contributed by atoms with Crippen LogP contribution in [0.4, 0.5) is 17.1 Å². The van der Waals surface area contributed by atoms with Crippen LogP contribution in [-0.2, 0) is 5.41 Å². The molecule has 3 nitrogen and oxygen atoms in total. The van der Waals surface area contributed by atoms with Gasteiger partial charge in [0.1, 0.15) is 11.2 Å². The van der Waals surface area contributed by atoms with Gasteiger partial charge in [0, 0.05) is 44.3 Å². The summed E-state index contributed by atoms with van der Waals surface area (Å²) in [5, 5.41) is 4.77. The molecule has 2 aromatic heterocycles. The molecule has 0 aliphatic heterocycles. The van der Waals surface area contributed by atoms with E-state index in [1.165, 1.54) is 66.3 Å². The van der Waals surface area contributed by atoms with Gasteiger partial charge in [0.05, 0.1) is 16.4 Å². The van der Waals surface area contributed by atoms with Gasteiger partial charge in [-0.25, -0.2) is 0 Å². The number of anilines is 3. The number of rotatable bonds is 8. The zero-order valence-corrected chi connectivity index (χ0v) is 38.2. The second kappa shape index (κ2) is 16.0. The summed E-state index contributed by atoms with van der Waals surface area (Å²) in [4.78, 5) is 2.42. The van der Waals surface area contributed by atoms with Gasteiger partial charge in [0.15, 0.2) is 0 Å². The Hall–Kier alpha value is -9.18. The highest BCUT2D eigenvalue weighted by Crippen LogP contribution is 2.57. The van der Waals surface area contributed by atoms with E-state index in [1.54, 1.807) is 0 Å². The van der Waals surface area contributed by atoms with E-state index in [-0.39, 0.29) is 0 Å². The van der Waals surface area contributed by atoms with Crippen LogP contribution in [0, 0.1) is 0 Å². The van der Waals surface area contributed by atoms with E-state index in [4.69, 9.17) is 4.42 Å². The first-order chi connectivity index (χ1) is 34.7. The molecule has 1 aliphatic rings. The average molecular weight is 893 g/mol. The van der Waals surface area contributed by atoms with E-state index in [0.717, 1.165) is 55.8 Å². The largest absolute Gasteiger partial charge is 0.456 e. The fraction of sp³-hybridized carbons (Fsp3) is 0.0149. The summed E-state index contributed by atoms with van der Waals surface area (Å²) in [5.41, 5.74) is 20.3. The van der Waals surface area contributed by atoms with Crippen LogP contribution in [0.3, 0.4) is 0 Å². The third-order valence-corrected chi connectivity index (χ3v) is 14.7. The van der Waals surface area contributed by atoms with Crippen molar-refractivity contribution in [2.75, 3.05) is 4.90 Å². The van der Waals surface area contributed by atoms with Crippen molar-refractivity contribution in [3.8, 4) is 39.1 Å². The number of fused-ring (bicyclic) bond motifs is 9. The first kappa shape index (κ1) is 39.9. The van der Waals surface area contributed by atoms with E-state index < -0.39 is 5.41 Å². The number of para-hydroxylation sites is 3. The highest BCUT2D eigenvalue weighted by atomic mass is 16.3. The Morgan fingerprint density at radius 3 is 1.53 bits per heavy atom. The Labute approximate surface area is 406 Å². The Bertz CT molecular complexity index is 4020. The van der Waals surface area contributed by atoms with Crippen molar-refractivity contribution in [1.29, 1.82) is 0 Å². The number of hydrogen-bond donors (Lipinski definition) is 0. The van der Waals surface area contributed by atoms with Crippen molar-refractivity contribution in [2.45, 2.75) is 5.41 Å². The molecule has 2 heterocycles. The zero-order valence-electron chi connectivity index (χ0n) is 38.2. The quantitative estimate of drug-likeness (QED) is 0.152. The van der Waals surface area contributed by atoms with Gasteiger partial charge in [-0.2, -0.15) is 0 Å². The molecule has 0 bridgehead atoms. The molecule has 0 N–H and O–H groups in total. The van der Waals surface area contributed by atoms with E-state index in [1.807, 2.05) is 12.1 Å². The van der Waals surface area contributed by atoms with Crippen LogP contribution in [0.1, 0.15) is 22.3 Å². The van der Waals surface area contributed by atoms with Crippen molar-refractivity contribution in [3.05, 3.63) is 289 Å². The van der Waals surface area contributed by atoms with Crippen molar-refractivity contribution < 1.29 is 4.42 Å². The Morgan fingerprint density at radius 2 is 0.829 bits per heavy atom. The average Bonchev–Trinajstić information content (AvgIpc) is 4.08. The minimum Gasteiger partial charge on any atom is -0.456 e. The topological polar surface area (TPSA) is 21.3 Å². The first-order valence-electron chi connectivity index (χ1n) is 24.1. The predicted octanol–water partition coefficient (Wildman–Crippen LogP) is 17.8. The molecule has 0 radical (unpaired) electrons. The highest BCUT2D eigenvalue weighted by molar-refractivity contribution is 6.09. The Morgan fingerprint density at radius 1 is 0.314 bits per heavy atom. The number of nitrogens with zero attached hydrogens (tertiary/aromatic N) is 2. The molecule has 0 atom stereocenters. The van der Waals surface area contributed by atoms with Crippen LogP contribution in [0.2, 0.25) is 0 Å². The molecule has 0 unspecified atom stereocenters. The SMILES string of the molecule is c1ccc(C2(c3ccccc3)c3ccccc3-c3cc(N(c4ccc(-c5ccc(-c6ccc7oc8ccccc8c7c6)cc5)cc4)c4cccc(-n5c6ccccc6c6ccccc65)c4)ccc32)cc1. The lowest BCUT2D eigenvalue weighted by atomic mass is 9.68. The second-order valence-corrected chi connectivity index (χ2v) is 18.4. The van der Waals surface area contributed by atoms with E-state index in [2.05, 4.69) is 264 Å². The van der Waals surface area contributed by atoms with Crippen LogP contribution in [0.15, 0.2) is 271 Å². The third kappa shape index (κ3) is 6.15. The summed E-state index contributed by atoms with van der Waals surface area (Å²) >= 11 is 0. The smallest absolute Gasteiger partial charge is 0.135 e. The molecular formula is C67H44N2O. The molecule has 70 heavy (non-hydrogen) atoms. The van der Waals surface area contributed by atoms with Crippen LogP contribution < -0.4 is 4.90 Å². The van der Waals surface area contributed by atoms with Crippen LogP contribution in [0.5, 0.6) is 0 Å². The summed E-state index contributed by atoms with van der Waals surface area (Å²) in [6.45, 7) is 0. The molecule has 14 rings (SSSR count). The number of aromatic nitrogens is 1. The molecule has 0 spiro atoms. The van der Waals surface area contributed by atoms with Crippen molar-refractivity contribution in [3.63, 3.8) is 0 Å². The van der Waals surface area contributed by atoms with Gasteiger partial charge in [-0.05, 0) is 128 Å². The standard InChI is InChI=1S/C67H44N2O/c1-3-16-49(17-4-1)67(50-18-5-2-6-19-50)61-26-11-7-22-55(61)59-44-54(39-40-62(59)67)68(52-20-15-21-53(43-52)69-63-27-12-8-23-56(63)57-24-9-13-28-64(57)69)51-37-34-46(35-38-51)45-30-32-47(33-31-45)48-36-41-66-60(42-48)58-25-10-14-29-65(58)70-66/h1-44H. The molecule has 328 valence electrons. The summed E-state index contributed by atoms with van der Waals surface area (Å²) in [7, 11) is 0. The minimum atomic E-state index is -0.480.